The molecule has 0 saturated carbocycles. The van der Waals surface area contributed by atoms with Crippen molar-refractivity contribution in [1.29, 1.82) is 0 Å². The van der Waals surface area contributed by atoms with Gasteiger partial charge in [0.2, 0.25) is 0 Å². The van der Waals surface area contributed by atoms with Crippen molar-refractivity contribution in [3.63, 3.8) is 0 Å². The first-order chi connectivity index (χ1) is 16.0. The van der Waals surface area contributed by atoms with Gasteiger partial charge in [-0.2, -0.15) is 5.10 Å². The minimum atomic E-state index is -1.09. The summed E-state index contributed by atoms with van der Waals surface area (Å²) < 4.78 is 12.9. The minimum absolute atomic E-state index is 0.0406. The molecule has 0 fully saturated rings. The molecule has 0 unspecified atom stereocenters. The molecule has 0 bridgehead atoms. The third-order valence-corrected chi connectivity index (χ3v) is 5.53. The van der Waals surface area contributed by atoms with E-state index in [2.05, 4.69) is 22.5 Å². The van der Waals surface area contributed by atoms with E-state index in [4.69, 9.17) is 14.3 Å². The highest BCUT2D eigenvalue weighted by Gasteiger charge is 2.14. The zero-order valence-corrected chi connectivity index (χ0v) is 17.7. The molecule has 8 heteroatoms. The summed E-state index contributed by atoms with van der Waals surface area (Å²) in [5.41, 5.74) is 3.93. The standard InChI is InChI=1S/C25H21N3O5/c29-24(26-18-5-7-19(8-6-18)28-13-12-22(27-28)25(30)31)23-11-10-21(33-23)15-32-20-9-4-16-2-1-3-17(16)14-20/h4-14H,1-3,15H2,(H,26,29)(H,30,31). The topological polar surface area (TPSA) is 107 Å². The largest absolute Gasteiger partial charge is 0.486 e. The summed E-state index contributed by atoms with van der Waals surface area (Å²) in [6.07, 6.45) is 4.97. The molecule has 1 amide bonds. The van der Waals surface area contributed by atoms with E-state index < -0.39 is 5.97 Å². The van der Waals surface area contributed by atoms with Gasteiger partial charge in [-0.25, -0.2) is 9.48 Å². The van der Waals surface area contributed by atoms with Gasteiger partial charge in [0.05, 0.1) is 5.69 Å². The Labute approximate surface area is 189 Å². The third kappa shape index (κ3) is 4.50. The van der Waals surface area contributed by atoms with Crippen molar-refractivity contribution in [2.24, 2.45) is 0 Å². The number of fused-ring (bicyclic) bond motifs is 1. The average molecular weight is 443 g/mol. The van der Waals surface area contributed by atoms with Crippen LogP contribution in [0.3, 0.4) is 0 Å². The van der Waals surface area contributed by atoms with Crippen LogP contribution < -0.4 is 10.1 Å². The summed E-state index contributed by atoms with van der Waals surface area (Å²) in [6.45, 7) is 0.239. The van der Waals surface area contributed by atoms with Gasteiger partial charge >= 0.3 is 5.97 Å². The zero-order valence-electron chi connectivity index (χ0n) is 17.7. The van der Waals surface area contributed by atoms with E-state index in [1.807, 2.05) is 6.07 Å². The molecule has 2 heterocycles. The van der Waals surface area contributed by atoms with Crippen molar-refractivity contribution < 1.29 is 23.8 Å². The van der Waals surface area contributed by atoms with E-state index in [0.717, 1.165) is 18.6 Å². The Kier molecular flexibility index (Phi) is 5.40. The highest BCUT2D eigenvalue weighted by Crippen LogP contribution is 2.26. The van der Waals surface area contributed by atoms with E-state index >= 15 is 0 Å². The molecule has 4 aromatic rings. The Balaban J connectivity index is 1.18. The van der Waals surface area contributed by atoms with Gasteiger partial charge in [-0.3, -0.25) is 4.79 Å². The molecule has 8 nitrogen and oxygen atoms in total. The van der Waals surface area contributed by atoms with Crippen LogP contribution in [0.2, 0.25) is 0 Å². The molecule has 0 saturated heterocycles. The molecule has 166 valence electrons. The van der Waals surface area contributed by atoms with Crippen molar-refractivity contribution in [2.75, 3.05) is 5.32 Å². The number of amides is 1. The van der Waals surface area contributed by atoms with Crippen LogP contribution in [0.5, 0.6) is 5.75 Å². The summed E-state index contributed by atoms with van der Waals surface area (Å²) in [5.74, 6) is 0.0754. The van der Waals surface area contributed by atoms with Gasteiger partial charge in [-0.05, 0) is 85.0 Å². The first-order valence-electron chi connectivity index (χ1n) is 10.6. The number of carbonyl (C=O) groups is 2. The van der Waals surface area contributed by atoms with Gasteiger partial charge in [0.1, 0.15) is 18.1 Å². The highest BCUT2D eigenvalue weighted by atomic mass is 16.5. The maximum Gasteiger partial charge on any atom is 0.356 e. The van der Waals surface area contributed by atoms with Crippen molar-refractivity contribution in [1.82, 2.24) is 9.78 Å². The van der Waals surface area contributed by atoms with Crippen molar-refractivity contribution >= 4 is 17.6 Å². The number of nitrogens with one attached hydrogen (secondary N) is 1. The van der Waals surface area contributed by atoms with E-state index in [9.17, 15) is 9.59 Å². The minimum Gasteiger partial charge on any atom is -0.486 e. The number of aromatic nitrogens is 2. The lowest BCUT2D eigenvalue weighted by Gasteiger charge is -2.07. The molecule has 2 aromatic carbocycles. The van der Waals surface area contributed by atoms with Gasteiger partial charge in [0.15, 0.2) is 11.5 Å². The average Bonchev–Trinajstić information content (AvgIpc) is 3.58. The summed E-state index contributed by atoms with van der Waals surface area (Å²) in [7, 11) is 0. The summed E-state index contributed by atoms with van der Waals surface area (Å²) in [5, 5.41) is 15.7. The number of carbonyl (C=O) groups excluding carboxylic acids is 1. The molecule has 1 aliphatic carbocycles. The molecule has 2 aromatic heterocycles. The van der Waals surface area contributed by atoms with E-state index in [0.29, 0.717) is 17.1 Å². The number of hydrogen-bond donors (Lipinski definition) is 2. The molecule has 33 heavy (non-hydrogen) atoms. The lowest BCUT2D eigenvalue weighted by Crippen LogP contribution is -2.11. The molecule has 5 rings (SSSR count). The Morgan fingerprint density at radius 2 is 1.85 bits per heavy atom. The Bertz CT molecular complexity index is 1320. The first-order valence-corrected chi connectivity index (χ1v) is 10.6. The van der Waals surface area contributed by atoms with Crippen LogP contribution in [-0.4, -0.2) is 26.8 Å². The van der Waals surface area contributed by atoms with Crippen LogP contribution in [0, 0.1) is 0 Å². The van der Waals surface area contributed by atoms with Gasteiger partial charge in [-0.1, -0.05) is 6.07 Å². The number of aromatic carboxylic acids is 1. The van der Waals surface area contributed by atoms with Crippen LogP contribution in [-0.2, 0) is 19.4 Å². The fourth-order valence-corrected chi connectivity index (χ4v) is 3.84. The quantitative estimate of drug-likeness (QED) is 0.436. The van der Waals surface area contributed by atoms with Gasteiger partial charge in [-0.15, -0.1) is 0 Å². The molecule has 0 spiro atoms. The smallest absolute Gasteiger partial charge is 0.356 e. The second kappa shape index (κ2) is 8.66. The van der Waals surface area contributed by atoms with Crippen LogP contribution in [0.1, 0.15) is 44.4 Å². The zero-order chi connectivity index (χ0) is 22.8. The number of benzene rings is 2. The molecule has 2 N–H and O–H groups in total. The Morgan fingerprint density at radius 3 is 2.64 bits per heavy atom. The predicted molar refractivity (Wildman–Crippen MR) is 120 cm³/mol. The molecular formula is C25H21N3O5. The van der Waals surface area contributed by atoms with E-state index in [1.165, 1.54) is 28.3 Å². The maximum absolute atomic E-state index is 12.5. The van der Waals surface area contributed by atoms with E-state index in [-0.39, 0.29) is 24.0 Å². The number of hydrogen-bond acceptors (Lipinski definition) is 5. The monoisotopic (exact) mass is 443 g/mol. The van der Waals surface area contributed by atoms with Gasteiger partial charge < -0.3 is 19.6 Å². The number of furan rings is 1. The van der Waals surface area contributed by atoms with Gasteiger partial charge in [0.25, 0.3) is 5.91 Å². The van der Waals surface area contributed by atoms with Crippen LogP contribution in [0.15, 0.2) is 71.3 Å². The lowest BCUT2D eigenvalue weighted by atomic mass is 10.1. The van der Waals surface area contributed by atoms with Crippen LogP contribution in [0.25, 0.3) is 5.69 Å². The first kappa shape index (κ1) is 20.6. The Morgan fingerprint density at radius 1 is 1.03 bits per heavy atom. The lowest BCUT2D eigenvalue weighted by molar-refractivity contribution is 0.0689. The number of carboxylic acid groups (broad SMARTS) is 1. The molecular weight excluding hydrogens is 422 g/mol. The molecule has 1 aliphatic rings. The number of aryl methyl sites for hydroxylation is 2. The third-order valence-electron chi connectivity index (χ3n) is 5.53. The van der Waals surface area contributed by atoms with Gasteiger partial charge in [0, 0.05) is 11.9 Å². The molecule has 0 aliphatic heterocycles. The second-order valence-corrected chi connectivity index (χ2v) is 7.79. The van der Waals surface area contributed by atoms with Crippen molar-refractivity contribution in [2.45, 2.75) is 25.9 Å². The SMILES string of the molecule is O=C(O)c1ccn(-c2ccc(NC(=O)c3ccc(COc4ccc5c(c4)CCC5)o3)cc2)n1. The number of nitrogens with zero attached hydrogens (tertiary/aromatic N) is 2. The maximum atomic E-state index is 12.5. The van der Waals surface area contributed by atoms with Crippen molar-refractivity contribution in [3.8, 4) is 11.4 Å². The normalized spacial score (nSPS) is 12.4. The molecule has 0 radical (unpaired) electrons. The highest BCUT2D eigenvalue weighted by molar-refractivity contribution is 6.02. The second-order valence-electron chi connectivity index (χ2n) is 7.79. The van der Waals surface area contributed by atoms with E-state index in [1.54, 1.807) is 42.6 Å². The summed E-state index contributed by atoms with van der Waals surface area (Å²) in [6, 6.07) is 17.8. The number of carboxylic acids is 1. The Hall–Kier alpha value is -4.33. The predicted octanol–water partition coefficient (Wildman–Crippen LogP) is 4.48. The number of ether oxygens (including phenoxy) is 1. The number of anilines is 1. The van der Waals surface area contributed by atoms with Crippen LogP contribution >= 0.6 is 0 Å². The summed E-state index contributed by atoms with van der Waals surface area (Å²) >= 11 is 0. The fraction of sp³-hybridized carbons (Fsp3) is 0.160. The van der Waals surface area contributed by atoms with Crippen molar-refractivity contribution in [3.05, 3.63) is 95.2 Å². The fourth-order valence-electron chi connectivity index (χ4n) is 3.84. The number of rotatable bonds is 7. The molecule has 0 atom stereocenters. The summed E-state index contributed by atoms with van der Waals surface area (Å²) in [4.78, 5) is 23.5. The van der Waals surface area contributed by atoms with Crippen LogP contribution in [0.4, 0.5) is 5.69 Å².